The largest absolute Gasteiger partial charge is 0.376 e. The number of para-hydroxylation sites is 1. The third-order valence-corrected chi connectivity index (χ3v) is 5.28. The Hall–Kier alpha value is -2.47. The lowest BCUT2D eigenvalue weighted by molar-refractivity contribution is -0.114. The Kier molecular flexibility index (Phi) is 6.98. The molecule has 0 unspecified atom stereocenters. The fraction of sp³-hybridized carbons (Fsp3) is 0.409. The van der Waals surface area contributed by atoms with Crippen LogP contribution in [0.4, 0.5) is 20.2 Å². The molecule has 28 heavy (non-hydrogen) atoms. The van der Waals surface area contributed by atoms with Gasteiger partial charge in [0.25, 0.3) is 0 Å². The average molecular weight is 387 g/mol. The van der Waals surface area contributed by atoms with E-state index in [0.717, 1.165) is 29.9 Å². The Balaban J connectivity index is 1.56. The van der Waals surface area contributed by atoms with Crippen molar-refractivity contribution in [3.63, 3.8) is 0 Å². The Labute approximate surface area is 164 Å². The van der Waals surface area contributed by atoms with Gasteiger partial charge < -0.3 is 10.6 Å². The quantitative estimate of drug-likeness (QED) is 0.719. The predicted molar refractivity (Wildman–Crippen MR) is 108 cm³/mol. The van der Waals surface area contributed by atoms with Gasteiger partial charge in [0.2, 0.25) is 5.91 Å². The Morgan fingerprint density at radius 1 is 1.07 bits per heavy atom. The van der Waals surface area contributed by atoms with E-state index < -0.39 is 11.6 Å². The molecule has 0 heterocycles. The van der Waals surface area contributed by atoms with Crippen LogP contribution in [0.25, 0.3) is 0 Å². The minimum absolute atomic E-state index is 0.0448. The Morgan fingerprint density at radius 2 is 1.82 bits per heavy atom. The first-order valence-electron chi connectivity index (χ1n) is 9.80. The van der Waals surface area contributed by atoms with Gasteiger partial charge in [-0.25, -0.2) is 8.78 Å². The van der Waals surface area contributed by atoms with Crippen molar-refractivity contribution in [2.75, 3.05) is 24.2 Å². The molecular weight excluding hydrogens is 360 g/mol. The zero-order valence-corrected chi connectivity index (χ0v) is 16.2. The van der Waals surface area contributed by atoms with Gasteiger partial charge in [0.15, 0.2) is 11.6 Å². The maximum atomic E-state index is 13.3. The molecule has 4 nitrogen and oxygen atoms in total. The fourth-order valence-corrected chi connectivity index (χ4v) is 3.70. The number of carbonyl (C=O) groups excluding carboxylic acids is 1. The zero-order valence-electron chi connectivity index (χ0n) is 16.2. The van der Waals surface area contributed by atoms with Gasteiger partial charge in [-0.1, -0.05) is 37.5 Å². The van der Waals surface area contributed by atoms with E-state index in [1.807, 2.05) is 18.2 Å². The van der Waals surface area contributed by atoms with E-state index in [9.17, 15) is 13.6 Å². The SMILES string of the molecule is CN(Cc1ccccc1NCC(=O)Nc1ccc(F)c(F)c1)C1CCCCC1. The summed E-state index contributed by atoms with van der Waals surface area (Å²) in [4.78, 5) is 14.6. The second-order valence-corrected chi connectivity index (χ2v) is 7.39. The van der Waals surface area contributed by atoms with E-state index >= 15 is 0 Å². The first-order chi connectivity index (χ1) is 13.5. The molecule has 1 aliphatic rings. The van der Waals surface area contributed by atoms with Crippen LogP contribution in [0.2, 0.25) is 0 Å². The van der Waals surface area contributed by atoms with Crippen LogP contribution in [0, 0.1) is 11.6 Å². The van der Waals surface area contributed by atoms with E-state index in [1.54, 1.807) is 0 Å². The third-order valence-electron chi connectivity index (χ3n) is 5.28. The monoisotopic (exact) mass is 387 g/mol. The standard InChI is InChI=1S/C22H27F2N3O/c1-27(18-8-3-2-4-9-18)15-16-7-5-6-10-21(16)25-14-22(28)26-17-11-12-19(23)20(24)13-17/h5-7,10-13,18,25H,2-4,8-9,14-15H2,1H3,(H,26,28). The van der Waals surface area contributed by atoms with Crippen molar-refractivity contribution in [2.45, 2.75) is 44.7 Å². The van der Waals surface area contributed by atoms with Crippen molar-refractivity contribution in [1.29, 1.82) is 0 Å². The van der Waals surface area contributed by atoms with Gasteiger partial charge >= 0.3 is 0 Å². The second kappa shape index (κ2) is 9.64. The summed E-state index contributed by atoms with van der Waals surface area (Å²) in [6.45, 7) is 0.863. The summed E-state index contributed by atoms with van der Waals surface area (Å²) in [6.07, 6.45) is 6.39. The first-order valence-corrected chi connectivity index (χ1v) is 9.80. The molecule has 1 aliphatic carbocycles. The van der Waals surface area contributed by atoms with E-state index in [4.69, 9.17) is 0 Å². The van der Waals surface area contributed by atoms with Gasteiger partial charge in [0, 0.05) is 30.0 Å². The summed E-state index contributed by atoms with van der Waals surface area (Å²) in [5, 5.41) is 5.73. The minimum Gasteiger partial charge on any atom is -0.376 e. The molecule has 0 spiro atoms. The van der Waals surface area contributed by atoms with E-state index in [-0.39, 0.29) is 18.1 Å². The molecule has 2 N–H and O–H groups in total. The molecule has 3 rings (SSSR count). The van der Waals surface area contributed by atoms with E-state index in [1.165, 1.54) is 38.2 Å². The molecule has 1 amide bonds. The Morgan fingerprint density at radius 3 is 2.57 bits per heavy atom. The smallest absolute Gasteiger partial charge is 0.243 e. The Bertz CT molecular complexity index is 806. The van der Waals surface area contributed by atoms with Gasteiger partial charge in [0.05, 0.1) is 6.54 Å². The fourth-order valence-electron chi connectivity index (χ4n) is 3.70. The van der Waals surface area contributed by atoms with E-state index in [2.05, 4.69) is 28.6 Å². The molecule has 2 aromatic carbocycles. The lowest BCUT2D eigenvalue weighted by Gasteiger charge is -2.31. The molecule has 2 aromatic rings. The molecule has 0 aliphatic heterocycles. The topological polar surface area (TPSA) is 44.4 Å². The van der Waals surface area contributed by atoms with Crippen LogP contribution in [-0.4, -0.2) is 30.4 Å². The molecule has 1 fully saturated rings. The van der Waals surface area contributed by atoms with Crippen molar-refractivity contribution < 1.29 is 13.6 Å². The average Bonchev–Trinajstić information content (AvgIpc) is 2.71. The highest BCUT2D eigenvalue weighted by Gasteiger charge is 2.18. The number of benzene rings is 2. The van der Waals surface area contributed by atoms with Gasteiger partial charge in [-0.3, -0.25) is 9.69 Å². The van der Waals surface area contributed by atoms with E-state index in [0.29, 0.717) is 6.04 Å². The van der Waals surface area contributed by atoms with Crippen molar-refractivity contribution in [3.8, 4) is 0 Å². The summed E-state index contributed by atoms with van der Waals surface area (Å²) >= 11 is 0. The van der Waals surface area contributed by atoms with Crippen LogP contribution >= 0.6 is 0 Å². The molecule has 1 saturated carbocycles. The summed E-state index contributed by atoms with van der Waals surface area (Å²) < 4.78 is 26.2. The molecular formula is C22H27F2N3O. The molecule has 0 bridgehead atoms. The van der Waals surface area contributed by atoms with Gasteiger partial charge in [-0.05, 0) is 43.7 Å². The highest BCUT2D eigenvalue weighted by molar-refractivity contribution is 5.93. The van der Waals surface area contributed by atoms with Gasteiger partial charge in [-0.15, -0.1) is 0 Å². The van der Waals surface area contributed by atoms with Crippen molar-refractivity contribution in [2.24, 2.45) is 0 Å². The third kappa shape index (κ3) is 5.52. The van der Waals surface area contributed by atoms with Crippen LogP contribution in [-0.2, 0) is 11.3 Å². The van der Waals surface area contributed by atoms with Crippen molar-refractivity contribution >= 4 is 17.3 Å². The number of rotatable bonds is 7. The molecule has 150 valence electrons. The summed E-state index contributed by atoms with van der Waals surface area (Å²) in [5.74, 6) is -2.24. The van der Waals surface area contributed by atoms with Crippen molar-refractivity contribution in [1.82, 2.24) is 4.90 Å². The normalized spacial score (nSPS) is 14.9. The highest BCUT2D eigenvalue weighted by atomic mass is 19.2. The molecule has 6 heteroatoms. The lowest BCUT2D eigenvalue weighted by atomic mass is 9.94. The van der Waals surface area contributed by atoms with Crippen LogP contribution in [0.1, 0.15) is 37.7 Å². The lowest BCUT2D eigenvalue weighted by Crippen LogP contribution is -2.33. The maximum Gasteiger partial charge on any atom is 0.243 e. The number of anilines is 2. The second-order valence-electron chi connectivity index (χ2n) is 7.39. The van der Waals surface area contributed by atoms with Gasteiger partial charge in [-0.2, -0.15) is 0 Å². The number of hydrogen-bond acceptors (Lipinski definition) is 3. The number of nitrogens with one attached hydrogen (secondary N) is 2. The maximum absolute atomic E-state index is 13.3. The number of halogens is 2. The molecule has 0 radical (unpaired) electrons. The number of amides is 1. The molecule has 0 atom stereocenters. The zero-order chi connectivity index (χ0) is 19.9. The summed E-state index contributed by atoms with van der Waals surface area (Å²) in [7, 11) is 2.16. The minimum atomic E-state index is -0.984. The number of nitrogens with zero attached hydrogens (tertiary/aromatic N) is 1. The highest BCUT2D eigenvalue weighted by Crippen LogP contribution is 2.25. The van der Waals surface area contributed by atoms with Crippen LogP contribution in [0.15, 0.2) is 42.5 Å². The van der Waals surface area contributed by atoms with Crippen molar-refractivity contribution in [3.05, 3.63) is 59.7 Å². The molecule has 0 saturated heterocycles. The number of hydrogen-bond donors (Lipinski definition) is 2. The molecule has 0 aromatic heterocycles. The van der Waals surface area contributed by atoms with Crippen LogP contribution < -0.4 is 10.6 Å². The van der Waals surface area contributed by atoms with Crippen LogP contribution in [0.5, 0.6) is 0 Å². The first kappa shape index (κ1) is 20.3. The summed E-state index contributed by atoms with van der Waals surface area (Å²) in [6, 6.07) is 11.9. The summed E-state index contributed by atoms with van der Waals surface area (Å²) in [5.41, 5.74) is 2.28. The van der Waals surface area contributed by atoms with Gasteiger partial charge in [0.1, 0.15) is 0 Å². The number of carbonyl (C=O) groups is 1. The predicted octanol–water partition coefficient (Wildman–Crippen LogP) is 4.78. The van der Waals surface area contributed by atoms with Crippen LogP contribution in [0.3, 0.4) is 0 Å².